The van der Waals surface area contributed by atoms with Crippen molar-refractivity contribution in [3.63, 3.8) is 0 Å². The molecule has 21 heavy (non-hydrogen) atoms. The summed E-state index contributed by atoms with van der Waals surface area (Å²) in [5, 5.41) is 6.96. The van der Waals surface area contributed by atoms with E-state index in [0.717, 1.165) is 11.6 Å². The maximum Gasteiger partial charge on any atom is 0.0616 e. The smallest absolute Gasteiger partial charge is 0.0616 e. The first-order chi connectivity index (χ1) is 10.3. The molecule has 1 saturated carbocycles. The summed E-state index contributed by atoms with van der Waals surface area (Å²) in [5.74, 6) is 0. The summed E-state index contributed by atoms with van der Waals surface area (Å²) in [4.78, 5) is 4.14. The highest BCUT2D eigenvalue weighted by atomic mass is 35.5. The van der Waals surface area contributed by atoms with Crippen LogP contribution in [0.1, 0.15) is 62.8 Å². The fourth-order valence-electron chi connectivity index (χ4n) is 4.26. The lowest BCUT2D eigenvalue weighted by Crippen LogP contribution is -2.54. The monoisotopic (exact) mass is 326 g/mol. The highest BCUT2D eigenvalue weighted by Gasteiger charge is 2.47. The summed E-state index contributed by atoms with van der Waals surface area (Å²) in [6, 6.07) is 2.47. The van der Waals surface area contributed by atoms with E-state index in [2.05, 4.69) is 28.6 Å². The molecule has 0 spiro atoms. The van der Waals surface area contributed by atoms with Crippen molar-refractivity contribution in [2.45, 2.75) is 63.5 Å². The zero-order valence-electron chi connectivity index (χ0n) is 13.0. The van der Waals surface area contributed by atoms with Gasteiger partial charge in [-0.1, -0.05) is 31.4 Å². The summed E-state index contributed by atoms with van der Waals surface area (Å²) >= 11 is 8.34. The quantitative estimate of drug-likeness (QED) is 0.803. The standard InChI is InChI=1S/C17H27ClN2S/c1-2-10-19-16(15-14(18)7-13-21-15)17(8-3-4-9-17)20-11-5-6-12-20/h7,13,16,19H,2-6,8-12H2,1H3. The second-order valence-electron chi connectivity index (χ2n) is 6.52. The van der Waals surface area contributed by atoms with Crippen LogP contribution in [0.2, 0.25) is 5.02 Å². The number of rotatable bonds is 6. The van der Waals surface area contributed by atoms with Gasteiger partial charge >= 0.3 is 0 Å². The number of hydrogen-bond acceptors (Lipinski definition) is 3. The lowest BCUT2D eigenvalue weighted by atomic mass is 9.85. The van der Waals surface area contributed by atoms with Crippen molar-refractivity contribution in [3.8, 4) is 0 Å². The molecule has 2 aliphatic rings. The van der Waals surface area contributed by atoms with Crippen molar-refractivity contribution in [2.75, 3.05) is 19.6 Å². The van der Waals surface area contributed by atoms with E-state index in [9.17, 15) is 0 Å². The Balaban J connectivity index is 1.93. The Kier molecular flexibility index (Phi) is 5.26. The van der Waals surface area contributed by atoms with Gasteiger partial charge in [-0.3, -0.25) is 4.90 Å². The Labute approximate surface area is 137 Å². The maximum atomic E-state index is 6.51. The molecule has 118 valence electrons. The summed E-state index contributed by atoms with van der Waals surface area (Å²) in [7, 11) is 0. The van der Waals surface area contributed by atoms with Gasteiger partial charge < -0.3 is 5.32 Å². The third-order valence-corrected chi connectivity index (χ3v) is 6.67. The van der Waals surface area contributed by atoms with Gasteiger partial charge in [-0.25, -0.2) is 0 Å². The number of halogens is 1. The fraction of sp³-hybridized carbons (Fsp3) is 0.765. The van der Waals surface area contributed by atoms with Gasteiger partial charge in [-0.05, 0) is 63.2 Å². The van der Waals surface area contributed by atoms with Crippen LogP contribution in [0.15, 0.2) is 11.4 Å². The molecule has 0 radical (unpaired) electrons. The molecule has 3 rings (SSSR count). The van der Waals surface area contributed by atoms with Gasteiger partial charge in [0.15, 0.2) is 0 Å². The molecule has 1 unspecified atom stereocenters. The second-order valence-corrected chi connectivity index (χ2v) is 7.88. The summed E-state index contributed by atoms with van der Waals surface area (Å²) in [5.41, 5.74) is 0.306. The topological polar surface area (TPSA) is 15.3 Å². The Hall–Kier alpha value is -0.0900. The lowest BCUT2D eigenvalue weighted by Gasteiger charge is -2.45. The molecule has 0 bridgehead atoms. The zero-order valence-corrected chi connectivity index (χ0v) is 14.6. The minimum Gasteiger partial charge on any atom is -0.308 e. The molecule has 0 amide bonds. The van der Waals surface area contributed by atoms with Crippen molar-refractivity contribution in [3.05, 3.63) is 21.3 Å². The zero-order chi connectivity index (χ0) is 14.7. The molecule has 0 aromatic carbocycles. The number of nitrogens with one attached hydrogen (secondary N) is 1. The molecule has 1 saturated heterocycles. The van der Waals surface area contributed by atoms with Crippen molar-refractivity contribution >= 4 is 22.9 Å². The molecule has 1 aromatic heterocycles. The van der Waals surface area contributed by atoms with Gasteiger partial charge in [0.2, 0.25) is 0 Å². The van der Waals surface area contributed by atoms with E-state index in [1.54, 1.807) is 0 Å². The molecule has 2 fully saturated rings. The van der Waals surface area contributed by atoms with Gasteiger partial charge in [-0.15, -0.1) is 11.3 Å². The molecule has 1 aromatic rings. The van der Waals surface area contributed by atoms with Crippen molar-refractivity contribution in [2.24, 2.45) is 0 Å². The highest BCUT2D eigenvalue weighted by molar-refractivity contribution is 7.10. The van der Waals surface area contributed by atoms with Crippen LogP contribution in [-0.2, 0) is 0 Å². The van der Waals surface area contributed by atoms with E-state index < -0.39 is 0 Å². The number of likely N-dealkylation sites (tertiary alicyclic amines) is 1. The Morgan fingerprint density at radius 1 is 1.29 bits per heavy atom. The third kappa shape index (κ3) is 3.03. The van der Waals surface area contributed by atoms with Crippen LogP contribution in [0, 0.1) is 0 Å². The molecule has 1 atom stereocenters. The Morgan fingerprint density at radius 2 is 2.00 bits per heavy atom. The molecule has 4 heteroatoms. The molecule has 2 nitrogen and oxygen atoms in total. The molecule has 1 aliphatic carbocycles. The molecular weight excluding hydrogens is 300 g/mol. The average molecular weight is 327 g/mol. The van der Waals surface area contributed by atoms with Crippen molar-refractivity contribution in [1.29, 1.82) is 0 Å². The first-order valence-corrected chi connectivity index (χ1v) is 9.75. The number of thiophene rings is 1. The van der Waals surface area contributed by atoms with Crippen LogP contribution in [0.5, 0.6) is 0 Å². The minimum absolute atomic E-state index is 0.306. The first kappa shape index (κ1) is 15.8. The maximum absolute atomic E-state index is 6.51. The Morgan fingerprint density at radius 3 is 2.57 bits per heavy atom. The van der Waals surface area contributed by atoms with E-state index >= 15 is 0 Å². The highest BCUT2D eigenvalue weighted by Crippen LogP contribution is 2.48. The fourth-order valence-corrected chi connectivity index (χ4v) is 5.61. The number of nitrogens with zero attached hydrogens (tertiary/aromatic N) is 1. The predicted octanol–water partition coefficient (Wildman–Crippen LogP) is 4.85. The van der Waals surface area contributed by atoms with E-state index in [1.807, 2.05) is 11.3 Å². The molecular formula is C17H27ClN2S. The number of hydrogen-bond donors (Lipinski definition) is 1. The van der Waals surface area contributed by atoms with Crippen molar-refractivity contribution in [1.82, 2.24) is 10.2 Å². The molecule has 2 heterocycles. The average Bonchev–Trinajstić information content (AvgIpc) is 3.20. The van der Waals surface area contributed by atoms with Gasteiger partial charge in [0.1, 0.15) is 0 Å². The normalized spacial score (nSPS) is 23.7. The van der Waals surface area contributed by atoms with Crippen LogP contribution in [0.25, 0.3) is 0 Å². The van der Waals surface area contributed by atoms with Crippen molar-refractivity contribution < 1.29 is 0 Å². The van der Waals surface area contributed by atoms with E-state index in [-0.39, 0.29) is 0 Å². The summed E-state index contributed by atoms with van der Waals surface area (Å²) in [6.07, 6.45) is 9.27. The Bertz CT molecular complexity index is 447. The largest absolute Gasteiger partial charge is 0.308 e. The second kappa shape index (κ2) is 6.99. The minimum atomic E-state index is 0.306. The first-order valence-electron chi connectivity index (χ1n) is 8.49. The van der Waals surface area contributed by atoms with E-state index in [1.165, 1.54) is 62.9 Å². The predicted molar refractivity (Wildman–Crippen MR) is 92.4 cm³/mol. The molecule has 1 N–H and O–H groups in total. The van der Waals surface area contributed by atoms with Gasteiger partial charge in [0, 0.05) is 10.4 Å². The van der Waals surface area contributed by atoms with Crippen LogP contribution in [0.4, 0.5) is 0 Å². The van der Waals surface area contributed by atoms with Gasteiger partial charge in [-0.2, -0.15) is 0 Å². The van der Waals surface area contributed by atoms with Crippen LogP contribution in [0.3, 0.4) is 0 Å². The van der Waals surface area contributed by atoms with Crippen LogP contribution in [-0.4, -0.2) is 30.1 Å². The lowest BCUT2D eigenvalue weighted by molar-refractivity contribution is 0.0778. The van der Waals surface area contributed by atoms with Gasteiger partial charge in [0.05, 0.1) is 11.1 Å². The van der Waals surface area contributed by atoms with Crippen LogP contribution >= 0.6 is 22.9 Å². The summed E-state index contributed by atoms with van der Waals surface area (Å²) < 4.78 is 0. The van der Waals surface area contributed by atoms with E-state index in [4.69, 9.17) is 11.6 Å². The SMILES string of the molecule is CCCNC(c1sccc1Cl)C1(N2CCCC2)CCCC1. The van der Waals surface area contributed by atoms with E-state index in [0.29, 0.717) is 11.6 Å². The molecule has 1 aliphatic heterocycles. The van der Waals surface area contributed by atoms with Gasteiger partial charge in [0.25, 0.3) is 0 Å². The third-order valence-electron chi connectivity index (χ3n) is 5.25. The summed E-state index contributed by atoms with van der Waals surface area (Å²) in [6.45, 7) is 5.87. The van der Waals surface area contributed by atoms with Crippen LogP contribution < -0.4 is 5.32 Å².